The van der Waals surface area contributed by atoms with Gasteiger partial charge in [0.1, 0.15) is 5.41 Å². The summed E-state index contributed by atoms with van der Waals surface area (Å²) in [5, 5.41) is 8.97. The van der Waals surface area contributed by atoms with Crippen molar-refractivity contribution in [3.63, 3.8) is 0 Å². The largest absolute Gasteiger partial charge is 0.292 e. The Kier molecular flexibility index (Phi) is 3.19. The molecule has 2 nitrogen and oxygen atoms in total. The molecule has 84 valence electrons. The van der Waals surface area contributed by atoms with E-state index in [0.717, 1.165) is 11.1 Å². The summed E-state index contributed by atoms with van der Waals surface area (Å²) in [6, 6.07) is 5.80. The Labute approximate surface area is 96.9 Å². The van der Waals surface area contributed by atoms with Crippen molar-refractivity contribution in [3.05, 3.63) is 34.4 Å². The highest BCUT2D eigenvalue weighted by atomic mass is 16.1. The third kappa shape index (κ3) is 1.99. The SMILES string of the molecule is Cc1ccc(C(=O)C(C)(C)C#N)c(C)c1C. The molecule has 1 rings (SSSR count). The molecule has 0 aliphatic carbocycles. The van der Waals surface area contributed by atoms with Crippen molar-refractivity contribution in [2.24, 2.45) is 5.41 Å². The van der Waals surface area contributed by atoms with E-state index in [9.17, 15) is 4.79 Å². The smallest absolute Gasteiger partial charge is 0.182 e. The summed E-state index contributed by atoms with van der Waals surface area (Å²) in [4.78, 5) is 12.2. The zero-order chi connectivity index (χ0) is 12.5. The van der Waals surface area contributed by atoms with E-state index in [1.807, 2.05) is 32.9 Å². The van der Waals surface area contributed by atoms with Gasteiger partial charge >= 0.3 is 0 Å². The van der Waals surface area contributed by atoms with E-state index >= 15 is 0 Å². The number of benzene rings is 1. The molecule has 0 N–H and O–H groups in total. The van der Waals surface area contributed by atoms with Gasteiger partial charge in [-0.1, -0.05) is 12.1 Å². The van der Waals surface area contributed by atoms with Crippen LogP contribution in [-0.4, -0.2) is 5.78 Å². The maximum absolute atomic E-state index is 12.2. The van der Waals surface area contributed by atoms with Crippen molar-refractivity contribution in [2.75, 3.05) is 0 Å². The van der Waals surface area contributed by atoms with Crippen LogP contribution < -0.4 is 0 Å². The van der Waals surface area contributed by atoms with E-state index in [-0.39, 0.29) is 5.78 Å². The molecule has 0 amide bonds. The van der Waals surface area contributed by atoms with E-state index < -0.39 is 5.41 Å². The Morgan fingerprint density at radius 3 is 2.25 bits per heavy atom. The maximum atomic E-state index is 12.2. The first-order chi connectivity index (χ1) is 7.31. The summed E-state index contributed by atoms with van der Waals surface area (Å²) in [5.74, 6) is -0.101. The van der Waals surface area contributed by atoms with Gasteiger partial charge in [-0.2, -0.15) is 5.26 Å². The van der Waals surface area contributed by atoms with Gasteiger partial charge in [-0.3, -0.25) is 4.79 Å². The van der Waals surface area contributed by atoms with Crippen LogP contribution in [0.1, 0.15) is 40.9 Å². The number of ketones is 1. The van der Waals surface area contributed by atoms with Crippen LogP contribution in [0.2, 0.25) is 0 Å². The van der Waals surface area contributed by atoms with E-state index in [1.165, 1.54) is 5.56 Å². The van der Waals surface area contributed by atoms with Crippen LogP contribution >= 0.6 is 0 Å². The van der Waals surface area contributed by atoms with Crippen molar-refractivity contribution in [3.8, 4) is 6.07 Å². The number of aryl methyl sites for hydroxylation is 1. The number of hydrogen-bond acceptors (Lipinski definition) is 2. The molecule has 16 heavy (non-hydrogen) atoms. The third-order valence-corrected chi connectivity index (χ3v) is 3.15. The Bertz CT molecular complexity index is 478. The van der Waals surface area contributed by atoms with Crippen molar-refractivity contribution >= 4 is 5.78 Å². The topological polar surface area (TPSA) is 40.9 Å². The van der Waals surface area contributed by atoms with E-state index in [2.05, 4.69) is 6.07 Å². The Balaban J connectivity index is 3.33. The van der Waals surface area contributed by atoms with Gasteiger partial charge in [0.15, 0.2) is 5.78 Å². The van der Waals surface area contributed by atoms with Crippen LogP contribution in [0.3, 0.4) is 0 Å². The monoisotopic (exact) mass is 215 g/mol. The first kappa shape index (κ1) is 12.4. The van der Waals surface area contributed by atoms with Gasteiger partial charge in [0.05, 0.1) is 6.07 Å². The molecule has 0 atom stereocenters. The van der Waals surface area contributed by atoms with Crippen molar-refractivity contribution in [2.45, 2.75) is 34.6 Å². The molecule has 0 fully saturated rings. The molecule has 0 saturated carbocycles. The normalized spacial score (nSPS) is 11.0. The van der Waals surface area contributed by atoms with E-state index in [0.29, 0.717) is 5.56 Å². The van der Waals surface area contributed by atoms with Crippen LogP contribution in [0, 0.1) is 37.5 Å². The lowest BCUT2D eigenvalue weighted by molar-refractivity contribution is 0.0891. The second kappa shape index (κ2) is 4.09. The molecule has 0 aliphatic rings. The fourth-order valence-electron chi connectivity index (χ4n) is 1.59. The predicted octanol–water partition coefficient (Wildman–Crippen LogP) is 3.34. The predicted molar refractivity (Wildman–Crippen MR) is 64.4 cm³/mol. The minimum atomic E-state index is -0.952. The zero-order valence-electron chi connectivity index (χ0n) is 10.5. The summed E-state index contributed by atoms with van der Waals surface area (Å²) < 4.78 is 0. The highest BCUT2D eigenvalue weighted by Crippen LogP contribution is 2.25. The average Bonchev–Trinajstić information content (AvgIpc) is 2.25. The summed E-state index contributed by atoms with van der Waals surface area (Å²) >= 11 is 0. The molecule has 0 saturated heterocycles. The molecule has 0 heterocycles. The Morgan fingerprint density at radius 1 is 1.19 bits per heavy atom. The fraction of sp³-hybridized carbons (Fsp3) is 0.429. The first-order valence-corrected chi connectivity index (χ1v) is 5.34. The molecule has 1 aromatic rings. The molecule has 0 unspecified atom stereocenters. The number of nitriles is 1. The number of Topliss-reactive ketones (excluding diaryl/α,β-unsaturated/α-hetero) is 1. The summed E-state index contributed by atoms with van der Waals surface area (Å²) in [6.07, 6.45) is 0. The minimum absolute atomic E-state index is 0.101. The van der Waals surface area contributed by atoms with E-state index in [1.54, 1.807) is 13.8 Å². The number of hydrogen-bond donors (Lipinski definition) is 0. The molecule has 0 bridgehead atoms. The quantitative estimate of drug-likeness (QED) is 0.710. The Morgan fingerprint density at radius 2 is 1.75 bits per heavy atom. The highest BCUT2D eigenvalue weighted by Gasteiger charge is 2.29. The van der Waals surface area contributed by atoms with Gasteiger partial charge in [0.25, 0.3) is 0 Å². The van der Waals surface area contributed by atoms with E-state index in [4.69, 9.17) is 5.26 Å². The minimum Gasteiger partial charge on any atom is -0.292 e. The molecular formula is C14H17NO. The lowest BCUT2D eigenvalue weighted by Gasteiger charge is -2.17. The summed E-state index contributed by atoms with van der Waals surface area (Å²) in [5.41, 5.74) is 2.98. The van der Waals surface area contributed by atoms with Gasteiger partial charge in [0, 0.05) is 5.56 Å². The molecule has 0 aromatic heterocycles. The number of carbonyl (C=O) groups is 1. The molecule has 0 radical (unpaired) electrons. The van der Waals surface area contributed by atoms with Gasteiger partial charge in [-0.25, -0.2) is 0 Å². The fourth-order valence-corrected chi connectivity index (χ4v) is 1.59. The Hall–Kier alpha value is -1.62. The lowest BCUT2D eigenvalue weighted by Crippen LogP contribution is -2.23. The van der Waals surface area contributed by atoms with Gasteiger partial charge < -0.3 is 0 Å². The van der Waals surface area contributed by atoms with Gasteiger partial charge in [-0.05, 0) is 51.3 Å². The van der Waals surface area contributed by atoms with Crippen molar-refractivity contribution in [1.29, 1.82) is 5.26 Å². The standard InChI is InChI=1S/C14H17NO/c1-9-6-7-12(11(3)10(9)2)13(16)14(4,5)8-15/h6-7H,1-5H3. The van der Waals surface area contributed by atoms with Crippen LogP contribution in [0.15, 0.2) is 12.1 Å². The third-order valence-electron chi connectivity index (χ3n) is 3.15. The molecular weight excluding hydrogens is 198 g/mol. The van der Waals surface area contributed by atoms with Crippen molar-refractivity contribution < 1.29 is 4.79 Å². The molecule has 0 spiro atoms. The van der Waals surface area contributed by atoms with Crippen LogP contribution in [0.4, 0.5) is 0 Å². The van der Waals surface area contributed by atoms with Crippen LogP contribution in [-0.2, 0) is 0 Å². The summed E-state index contributed by atoms with van der Waals surface area (Å²) in [6.45, 7) is 9.27. The number of nitrogens with zero attached hydrogens (tertiary/aromatic N) is 1. The molecule has 1 aromatic carbocycles. The second-order valence-corrected chi connectivity index (χ2v) is 4.75. The number of carbonyl (C=O) groups excluding carboxylic acids is 1. The lowest BCUT2D eigenvalue weighted by atomic mass is 9.83. The van der Waals surface area contributed by atoms with Crippen LogP contribution in [0.5, 0.6) is 0 Å². The first-order valence-electron chi connectivity index (χ1n) is 5.34. The number of rotatable bonds is 2. The van der Waals surface area contributed by atoms with Crippen molar-refractivity contribution in [1.82, 2.24) is 0 Å². The molecule has 2 heteroatoms. The molecule has 0 aliphatic heterocycles. The van der Waals surface area contributed by atoms with Crippen LogP contribution in [0.25, 0.3) is 0 Å². The maximum Gasteiger partial charge on any atom is 0.182 e. The summed E-state index contributed by atoms with van der Waals surface area (Å²) in [7, 11) is 0. The van der Waals surface area contributed by atoms with Gasteiger partial charge in [-0.15, -0.1) is 0 Å². The highest BCUT2D eigenvalue weighted by molar-refractivity contribution is 6.03. The zero-order valence-corrected chi connectivity index (χ0v) is 10.5. The van der Waals surface area contributed by atoms with Gasteiger partial charge in [0.2, 0.25) is 0 Å². The average molecular weight is 215 g/mol. The second-order valence-electron chi connectivity index (χ2n) is 4.75.